The molecule has 2 aliphatic heterocycles. The number of carbonyl (C=O) groups excluding carboxylic acids is 2. The van der Waals surface area contributed by atoms with Crippen molar-refractivity contribution in [3.8, 4) is 0 Å². The van der Waals surface area contributed by atoms with Crippen LogP contribution in [0, 0.1) is 29.0 Å². The normalized spacial score (nSPS) is 18.7. The van der Waals surface area contributed by atoms with E-state index in [-0.39, 0.29) is 35.6 Å². The Morgan fingerprint density at radius 3 is 2.26 bits per heavy atom. The molecule has 11 nitrogen and oxygen atoms in total. The van der Waals surface area contributed by atoms with Gasteiger partial charge in [-0.2, -0.15) is 0 Å². The van der Waals surface area contributed by atoms with Gasteiger partial charge in [-0.3, -0.25) is 19.8 Å². The lowest BCUT2D eigenvalue weighted by Gasteiger charge is -2.40. The lowest BCUT2D eigenvalue weighted by atomic mass is 9.81. The second-order valence-electron chi connectivity index (χ2n) is 12.4. The van der Waals surface area contributed by atoms with E-state index in [1.807, 2.05) is 23.6 Å². The number of hydrogen-bond acceptors (Lipinski definition) is 7. The van der Waals surface area contributed by atoms with Crippen LogP contribution >= 0.6 is 0 Å². The number of piperazine rings is 1. The molecule has 3 heterocycles. The zero-order valence-corrected chi connectivity index (χ0v) is 24.8. The van der Waals surface area contributed by atoms with Crippen LogP contribution in [0.15, 0.2) is 36.7 Å². The number of anilines is 1. The predicted octanol–water partition coefficient (Wildman–Crippen LogP) is 3.01. The maximum absolute atomic E-state index is 15.3. The van der Waals surface area contributed by atoms with E-state index >= 15 is 4.39 Å². The quantitative estimate of drug-likeness (QED) is 0.298. The Balaban J connectivity index is 1.20. The minimum absolute atomic E-state index is 0.0373. The van der Waals surface area contributed by atoms with Crippen LogP contribution in [-0.4, -0.2) is 93.3 Å². The number of halogens is 1. The molecule has 5 rings (SSSR count). The summed E-state index contributed by atoms with van der Waals surface area (Å²) in [5.74, 6) is -1.60. The Morgan fingerprint density at radius 2 is 1.67 bits per heavy atom. The number of piperidine rings is 1. The first-order valence-corrected chi connectivity index (χ1v) is 15.0. The highest BCUT2D eigenvalue weighted by molar-refractivity contribution is 5.99. The number of rotatable bonds is 9. The predicted molar refractivity (Wildman–Crippen MR) is 158 cm³/mol. The number of benzene rings is 1. The number of aromatic nitrogens is 2. The number of carboxylic acid groups (broad SMARTS) is 1. The molecule has 1 unspecified atom stereocenters. The third-order valence-electron chi connectivity index (χ3n) is 8.88. The largest absolute Gasteiger partial charge is 0.481 e. The third kappa shape index (κ3) is 7.11. The standard InChI is InChI=1S/C31H40FN7O4/c1-31(2,26(21-4-5-21)29(43)38-12-8-20(9-13-38)18-25(40)41)36-28(42)23-7-6-22(19-24(23)32)27(33)37-14-16-39(17-15-37)30-34-10-3-11-35-30/h3,6-7,10-11,19-21,26,33H,4-5,8-9,12-18H2,1-2H3,(H,36,42)(H,40,41). The summed E-state index contributed by atoms with van der Waals surface area (Å²) in [6, 6.07) is 5.98. The molecule has 1 atom stereocenters. The molecule has 1 aromatic carbocycles. The van der Waals surface area contributed by atoms with Gasteiger partial charge in [0.2, 0.25) is 11.9 Å². The van der Waals surface area contributed by atoms with E-state index in [1.165, 1.54) is 12.1 Å². The molecule has 3 aliphatic rings. The van der Waals surface area contributed by atoms with Crippen molar-refractivity contribution < 1.29 is 23.9 Å². The SMILES string of the molecule is CC(C)(NC(=O)c1ccc(C(=N)N2CCN(c3ncccn3)CC2)cc1F)C(C(=O)N1CCC(CC(=O)O)CC1)C1CC1. The van der Waals surface area contributed by atoms with E-state index in [9.17, 15) is 14.4 Å². The third-order valence-corrected chi connectivity index (χ3v) is 8.88. The van der Waals surface area contributed by atoms with Crippen molar-refractivity contribution in [2.24, 2.45) is 17.8 Å². The van der Waals surface area contributed by atoms with E-state index in [4.69, 9.17) is 10.5 Å². The fourth-order valence-electron chi connectivity index (χ4n) is 6.38. The van der Waals surface area contributed by atoms with E-state index in [0.717, 1.165) is 12.8 Å². The minimum atomic E-state index is -0.923. The van der Waals surface area contributed by atoms with E-state index < -0.39 is 29.2 Å². The maximum atomic E-state index is 15.3. The van der Waals surface area contributed by atoms with E-state index in [0.29, 0.717) is 63.6 Å². The van der Waals surface area contributed by atoms with Gasteiger partial charge in [-0.1, -0.05) is 6.07 Å². The molecule has 2 amide bonds. The lowest BCUT2D eigenvalue weighted by molar-refractivity contribution is -0.141. The Hall–Kier alpha value is -4.09. The molecule has 0 spiro atoms. The zero-order chi connectivity index (χ0) is 30.7. The van der Waals surface area contributed by atoms with Crippen molar-refractivity contribution in [2.45, 2.75) is 51.5 Å². The average molecular weight is 594 g/mol. The molecule has 0 bridgehead atoms. The van der Waals surface area contributed by atoms with Crippen molar-refractivity contribution in [2.75, 3.05) is 44.2 Å². The summed E-state index contributed by atoms with van der Waals surface area (Å²) < 4.78 is 15.3. The molecule has 1 aromatic heterocycles. The van der Waals surface area contributed by atoms with Gasteiger partial charge in [0.1, 0.15) is 11.7 Å². The molecular formula is C31H40FN7O4. The molecule has 2 saturated heterocycles. The number of nitrogens with one attached hydrogen (secondary N) is 2. The van der Waals surface area contributed by atoms with Gasteiger partial charge in [0.25, 0.3) is 5.91 Å². The molecular weight excluding hydrogens is 553 g/mol. The Kier molecular flexibility index (Phi) is 8.93. The van der Waals surface area contributed by atoms with Crippen LogP contribution in [0.5, 0.6) is 0 Å². The average Bonchev–Trinajstić information content (AvgIpc) is 3.82. The molecule has 1 aliphatic carbocycles. The summed E-state index contributed by atoms with van der Waals surface area (Å²) in [5, 5.41) is 20.7. The van der Waals surface area contributed by atoms with Crippen LogP contribution in [-0.2, 0) is 9.59 Å². The molecule has 3 N–H and O–H groups in total. The summed E-state index contributed by atoms with van der Waals surface area (Å²) in [6.45, 7) is 7.00. The van der Waals surface area contributed by atoms with Crippen LogP contribution in [0.1, 0.15) is 61.9 Å². The number of hydrogen-bond donors (Lipinski definition) is 3. The van der Waals surface area contributed by atoms with Gasteiger partial charge in [-0.15, -0.1) is 0 Å². The number of aliphatic carboxylic acids is 1. The Bertz CT molecular complexity index is 1350. The molecule has 43 heavy (non-hydrogen) atoms. The number of amides is 2. The van der Waals surface area contributed by atoms with Gasteiger partial charge in [-0.25, -0.2) is 14.4 Å². The molecule has 1 saturated carbocycles. The summed E-state index contributed by atoms with van der Waals surface area (Å²) in [6.07, 6.45) is 6.57. The highest BCUT2D eigenvalue weighted by atomic mass is 19.1. The number of amidine groups is 1. The molecule has 0 radical (unpaired) electrons. The maximum Gasteiger partial charge on any atom is 0.303 e. The molecule has 230 valence electrons. The highest BCUT2D eigenvalue weighted by Crippen LogP contribution is 2.43. The summed E-state index contributed by atoms with van der Waals surface area (Å²) >= 11 is 0. The van der Waals surface area contributed by atoms with Gasteiger partial charge in [0, 0.05) is 69.2 Å². The van der Waals surface area contributed by atoms with Crippen molar-refractivity contribution in [3.63, 3.8) is 0 Å². The topological polar surface area (TPSA) is 143 Å². The van der Waals surface area contributed by atoms with E-state index in [1.54, 1.807) is 29.4 Å². The second kappa shape index (κ2) is 12.6. The first-order chi connectivity index (χ1) is 20.5. The van der Waals surface area contributed by atoms with Crippen LogP contribution in [0.2, 0.25) is 0 Å². The van der Waals surface area contributed by atoms with Crippen molar-refractivity contribution in [3.05, 3.63) is 53.6 Å². The van der Waals surface area contributed by atoms with Crippen molar-refractivity contribution in [1.82, 2.24) is 25.1 Å². The molecule has 2 aromatic rings. The van der Waals surface area contributed by atoms with Gasteiger partial charge in [0.05, 0.1) is 11.5 Å². The van der Waals surface area contributed by atoms with Crippen LogP contribution in [0.4, 0.5) is 10.3 Å². The smallest absolute Gasteiger partial charge is 0.303 e. The number of likely N-dealkylation sites (tertiary alicyclic amines) is 1. The molecule has 12 heteroatoms. The summed E-state index contributed by atoms with van der Waals surface area (Å²) in [5.41, 5.74) is -0.671. The first kappa shape index (κ1) is 30.4. The summed E-state index contributed by atoms with van der Waals surface area (Å²) in [7, 11) is 0. The number of carbonyl (C=O) groups is 3. The van der Waals surface area contributed by atoms with Crippen molar-refractivity contribution >= 4 is 29.6 Å². The second-order valence-corrected chi connectivity index (χ2v) is 12.4. The summed E-state index contributed by atoms with van der Waals surface area (Å²) in [4.78, 5) is 52.3. The van der Waals surface area contributed by atoms with Crippen LogP contribution < -0.4 is 10.2 Å². The Labute approximate surface area is 251 Å². The van der Waals surface area contributed by atoms with E-state index in [2.05, 4.69) is 15.3 Å². The zero-order valence-electron chi connectivity index (χ0n) is 24.8. The highest BCUT2D eigenvalue weighted by Gasteiger charge is 2.48. The lowest BCUT2D eigenvalue weighted by Crippen LogP contribution is -2.56. The van der Waals surface area contributed by atoms with Crippen molar-refractivity contribution in [1.29, 1.82) is 5.41 Å². The molecule has 3 fully saturated rings. The minimum Gasteiger partial charge on any atom is -0.481 e. The van der Waals surface area contributed by atoms with Gasteiger partial charge < -0.3 is 25.1 Å². The number of nitrogens with zero attached hydrogens (tertiary/aromatic N) is 5. The van der Waals surface area contributed by atoms with Crippen LogP contribution in [0.3, 0.4) is 0 Å². The van der Waals surface area contributed by atoms with Gasteiger partial charge in [-0.05, 0) is 69.6 Å². The first-order valence-electron chi connectivity index (χ1n) is 15.0. The van der Waals surface area contributed by atoms with Gasteiger partial charge in [0.15, 0.2) is 0 Å². The monoisotopic (exact) mass is 593 g/mol. The van der Waals surface area contributed by atoms with Crippen LogP contribution in [0.25, 0.3) is 0 Å². The number of carboxylic acids is 1. The Morgan fingerprint density at radius 1 is 1.02 bits per heavy atom. The fourth-order valence-corrected chi connectivity index (χ4v) is 6.38. The fraction of sp³-hybridized carbons (Fsp3) is 0.548. The van der Waals surface area contributed by atoms with Gasteiger partial charge >= 0.3 is 5.97 Å².